The second-order valence-electron chi connectivity index (χ2n) is 3.80. The van der Waals surface area contributed by atoms with Crippen molar-refractivity contribution < 1.29 is 8.42 Å². The van der Waals surface area contributed by atoms with Gasteiger partial charge < -0.3 is 5.32 Å². The van der Waals surface area contributed by atoms with Gasteiger partial charge in [-0.05, 0) is 38.3 Å². The Morgan fingerprint density at radius 1 is 1.25 bits per heavy atom. The molecule has 2 aliphatic rings. The lowest BCUT2D eigenvalue weighted by molar-refractivity contribution is 0.340. The molecule has 0 amide bonds. The van der Waals surface area contributed by atoms with Crippen LogP contribution in [0, 0.1) is 5.92 Å². The van der Waals surface area contributed by atoms with Gasteiger partial charge in [0, 0.05) is 0 Å². The second kappa shape index (κ2) is 3.00. The highest BCUT2D eigenvalue weighted by molar-refractivity contribution is 7.92. The first kappa shape index (κ1) is 8.51. The van der Waals surface area contributed by atoms with E-state index in [1.807, 2.05) is 0 Å². The number of nitrogens with one attached hydrogen (secondary N) is 1. The first-order valence-corrected chi connectivity index (χ1v) is 6.34. The van der Waals surface area contributed by atoms with Crippen molar-refractivity contribution in [3.05, 3.63) is 0 Å². The molecule has 2 heterocycles. The van der Waals surface area contributed by atoms with Crippen molar-refractivity contribution in [2.75, 3.05) is 18.8 Å². The Bertz CT molecular complexity index is 258. The van der Waals surface area contributed by atoms with Crippen LogP contribution in [-0.2, 0) is 9.84 Å². The molecular formula is C8H15NO2S. The van der Waals surface area contributed by atoms with Gasteiger partial charge in [0.2, 0.25) is 0 Å². The van der Waals surface area contributed by atoms with Crippen LogP contribution in [0.2, 0.25) is 0 Å². The molecule has 0 aromatic heterocycles. The van der Waals surface area contributed by atoms with E-state index in [0.717, 1.165) is 32.4 Å². The lowest BCUT2D eigenvalue weighted by atomic mass is 9.94. The van der Waals surface area contributed by atoms with Crippen LogP contribution < -0.4 is 5.32 Å². The molecule has 0 bridgehead atoms. The van der Waals surface area contributed by atoms with Crippen molar-refractivity contribution in [2.24, 2.45) is 5.92 Å². The van der Waals surface area contributed by atoms with Crippen LogP contribution in [0.4, 0.5) is 0 Å². The maximum absolute atomic E-state index is 11.6. The van der Waals surface area contributed by atoms with E-state index in [-0.39, 0.29) is 5.25 Å². The number of hydrogen-bond acceptors (Lipinski definition) is 3. The van der Waals surface area contributed by atoms with E-state index in [0.29, 0.717) is 11.7 Å². The van der Waals surface area contributed by atoms with Gasteiger partial charge in [0.1, 0.15) is 0 Å². The second-order valence-corrected chi connectivity index (χ2v) is 6.14. The van der Waals surface area contributed by atoms with Crippen molar-refractivity contribution in [1.29, 1.82) is 0 Å². The fraction of sp³-hybridized carbons (Fsp3) is 1.00. The summed E-state index contributed by atoms with van der Waals surface area (Å²) in [5, 5.41) is 3.24. The van der Waals surface area contributed by atoms with Crippen molar-refractivity contribution in [2.45, 2.75) is 24.5 Å². The molecule has 0 aliphatic carbocycles. The van der Waals surface area contributed by atoms with Gasteiger partial charge in [-0.2, -0.15) is 0 Å². The molecule has 0 aromatic rings. The maximum Gasteiger partial charge on any atom is 0.153 e. The van der Waals surface area contributed by atoms with Gasteiger partial charge in [0.15, 0.2) is 9.84 Å². The number of fused-ring (bicyclic) bond motifs is 1. The maximum atomic E-state index is 11.6. The number of hydrogen-bond donors (Lipinski definition) is 1. The summed E-state index contributed by atoms with van der Waals surface area (Å²) in [6, 6.07) is 0. The summed E-state index contributed by atoms with van der Waals surface area (Å²) in [5.41, 5.74) is 0. The van der Waals surface area contributed by atoms with Gasteiger partial charge in [-0.3, -0.25) is 0 Å². The monoisotopic (exact) mass is 189 g/mol. The zero-order valence-electron chi connectivity index (χ0n) is 7.12. The molecule has 0 radical (unpaired) electrons. The van der Waals surface area contributed by atoms with Gasteiger partial charge in [0.25, 0.3) is 0 Å². The fourth-order valence-electron chi connectivity index (χ4n) is 2.36. The molecule has 4 heteroatoms. The van der Waals surface area contributed by atoms with Gasteiger partial charge >= 0.3 is 0 Å². The summed E-state index contributed by atoms with van der Waals surface area (Å²) in [6.45, 7) is 1.78. The van der Waals surface area contributed by atoms with Gasteiger partial charge in [-0.1, -0.05) is 0 Å². The average molecular weight is 189 g/mol. The van der Waals surface area contributed by atoms with Crippen LogP contribution >= 0.6 is 0 Å². The predicted molar refractivity (Wildman–Crippen MR) is 47.8 cm³/mol. The minimum Gasteiger partial charge on any atom is -0.316 e. The Morgan fingerprint density at radius 2 is 2.08 bits per heavy atom. The Hall–Kier alpha value is -0.0900. The first-order valence-electron chi connectivity index (χ1n) is 4.62. The predicted octanol–water partition coefficient (Wildman–Crippen LogP) is 0.173. The third-order valence-electron chi connectivity index (χ3n) is 3.00. The molecule has 2 saturated heterocycles. The largest absolute Gasteiger partial charge is 0.316 e. The highest BCUT2D eigenvalue weighted by Crippen LogP contribution is 2.29. The summed E-state index contributed by atoms with van der Waals surface area (Å²) < 4.78 is 23.2. The van der Waals surface area contributed by atoms with Crippen LogP contribution in [0.5, 0.6) is 0 Å². The molecule has 1 N–H and O–H groups in total. The fourth-order valence-corrected chi connectivity index (χ4v) is 4.53. The van der Waals surface area contributed by atoms with E-state index in [1.54, 1.807) is 0 Å². The van der Waals surface area contributed by atoms with Crippen LogP contribution in [-0.4, -0.2) is 32.5 Å². The van der Waals surface area contributed by atoms with Crippen molar-refractivity contribution in [3.63, 3.8) is 0 Å². The zero-order valence-corrected chi connectivity index (χ0v) is 7.94. The van der Waals surface area contributed by atoms with Crippen LogP contribution in [0.25, 0.3) is 0 Å². The Balaban J connectivity index is 2.20. The molecule has 0 aromatic carbocycles. The standard InChI is InChI=1S/C8H15NO2S/c10-12(11)5-1-2-7-6-9-4-3-8(7)12/h7-9H,1-6H2. The minimum atomic E-state index is -2.72. The van der Waals surface area contributed by atoms with Crippen LogP contribution in [0.3, 0.4) is 0 Å². The van der Waals surface area contributed by atoms with E-state index in [2.05, 4.69) is 5.32 Å². The third-order valence-corrected chi connectivity index (χ3v) is 5.40. The molecule has 2 rings (SSSR count). The minimum absolute atomic E-state index is 0.0208. The lowest BCUT2D eigenvalue weighted by Gasteiger charge is -2.35. The molecule has 2 unspecified atom stereocenters. The van der Waals surface area contributed by atoms with E-state index >= 15 is 0 Å². The highest BCUT2D eigenvalue weighted by Gasteiger charge is 2.37. The van der Waals surface area contributed by atoms with Gasteiger partial charge in [-0.25, -0.2) is 8.42 Å². The van der Waals surface area contributed by atoms with Gasteiger partial charge in [-0.15, -0.1) is 0 Å². The van der Waals surface area contributed by atoms with Crippen molar-refractivity contribution in [1.82, 2.24) is 5.32 Å². The Kier molecular flexibility index (Phi) is 2.12. The highest BCUT2D eigenvalue weighted by atomic mass is 32.2. The first-order chi connectivity index (χ1) is 5.70. The summed E-state index contributed by atoms with van der Waals surface area (Å²) in [6.07, 6.45) is 2.79. The molecular weight excluding hydrogens is 174 g/mol. The van der Waals surface area contributed by atoms with E-state index in [1.165, 1.54) is 0 Å². The quantitative estimate of drug-likeness (QED) is 0.591. The van der Waals surface area contributed by atoms with Gasteiger partial charge in [0.05, 0.1) is 11.0 Å². The number of rotatable bonds is 0. The molecule has 0 saturated carbocycles. The molecule has 70 valence electrons. The molecule has 3 nitrogen and oxygen atoms in total. The molecule has 2 aliphatic heterocycles. The van der Waals surface area contributed by atoms with Crippen molar-refractivity contribution in [3.8, 4) is 0 Å². The topological polar surface area (TPSA) is 46.2 Å². The molecule has 0 spiro atoms. The third kappa shape index (κ3) is 1.38. The Labute approximate surface area is 73.5 Å². The number of sulfone groups is 1. The SMILES string of the molecule is O=S1(=O)CCCC2CNCCC21. The summed E-state index contributed by atoms with van der Waals surface area (Å²) in [4.78, 5) is 0. The Morgan fingerprint density at radius 3 is 2.83 bits per heavy atom. The summed E-state index contributed by atoms with van der Waals surface area (Å²) in [5.74, 6) is 0.825. The van der Waals surface area contributed by atoms with Crippen LogP contribution in [0.15, 0.2) is 0 Å². The number of piperidine rings is 1. The molecule has 12 heavy (non-hydrogen) atoms. The zero-order chi connectivity index (χ0) is 8.60. The van der Waals surface area contributed by atoms with E-state index < -0.39 is 9.84 Å². The normalized spacial score (nSPS) is 40.3. The summed E-state index contributed by atoms with van der Waals surface area (Å²) >= 11 is 0. The van der Waals surface area contributed by atoms with Crippen LogP contribution in [0.1, 0.15) is 19.3 Å². The average Bonchev–Trinajstić information content (AvgIpc) is 2.04. The summed E-state index contributed by atoms with van der Waals surface area (Å²) in [7, 11) is -2.72. The van der Waals surface area contributed by atoms with E-state index in [4.69, 9.17) is 0 Å². The van der Waals surface area contributed by atoms with E-state index in [9.17, 15) is 8.42 Å². The van der Waals surface area contributed by atoms with Crippen molar-refractivity contribution >= 4 is 9.84 Å². The molecule has 2 fully saturated rings. The molecule has 2 atom stereocenters. The smallest absolute Gasteiger partial charge is 0.153 e. The lowest BCUT2D eigenvalue weighted by Crippen LogP contribution is -2.47.